The van der Waals surface area contributed by atoms with Gasteiger partial charge in [0, 0.05) is 36.4 Å². The largest absolute Gasteiger partial charge is 0.384 e. The maximum atomic E-state index is 10.5. The summed E-state index contributed by atoms with van der Waals surface area (Å²) in [6, 6.07) is 8.11. The number of nitrogens with one attached hydrogen (secondary N) is 1. The Morgan fingerprint density at radius 1 is 1.38 bits per heavy atom. The van der Waals surface area contributed by atoms with Crippen LogP contribution in [0, 0.1) is 0 Å². The number of nitrogens with zero attached hydrogens (tertiary/aromatic N) is 2. The number of hydrogen-bond donors (Lipinski definition) is 2. The van der Waals surface area contributed by atoms with Gasteiger partial charge in [0.15, 0.2) is 0 Å². The van der Waals surface area contributed by atoms with Crippen molar-refractivity contribution in [1.29, 1.82) is 0 Å². The third kappa shape index (κ3) is 4.56. The zero-order valence-corrected chi connectivity index (χ0v) is 13.4. The minimum Gasteiger partial charge on any atom is -0.384 e. The van der Waals surface area contributed by atoms with E-state index in [1.807, 2.05) is 37.5 Å². The van der Waals surface area contributed by atoms with Gasteiger partial charge in [-0.2, -0.15) is 5.10 Å². The fourth-order valence-electron chi connectivity index (χ4n) is 2.22. The number of aryl methyl sites for hydroxylation is 1. The minimum atomic E-state index is -0.928. The molecule has 1 aromatic carbocycles. The van der Waals surface area contributed by atoms with E-state index in [9.17, 15) is 5.11 Å². The molecule has 0 spiro atoms. The summed E-state index contributed by atoms with van der Waals surface area (Å²) in [5.41, 5.74) is 1.11. The second-order valence-electron chi connectivity index (χ2n) is 5.79. The maximum Gasteiger partial charge on any atom is 0.102 e. The van der Waals surface area contributed by atoms with Crippen molar-refractivity contribution >= 4 is 11.6 Å². The van der Waals surface area contributed by atoms with Crippen molar-refractivity contribution < 1.29 is 5.11 Å². The van der Waals surface area contributed by atoms with Crippen LogP contribution in [0.3, 0.4) is 0 Å². The van der Waals surface area contributed by atoms with E-state index in [0.29, 0.717) is 6.54 Å². The summed E-state index contributed by atoms with van der Waals surface area (Å²) in [4.78, 5) is 0. The molecule has 0 aliphatic carbocycles. The van der Waals surface area contributed by atoms with Gasteiger partial charge in [-0.3, -0.25) is 4.68 Å². The monoisotopic (exact) mass is 307 g/mol. The van der Waals surface area contributed by atoms with Crippen molar-refractivity contribution in [2.45, 2.75) is 31.9 Å². The molecule has 114 valence electrons. The van der Waals surface area contributed by atoms with Crippen LogP contribution in [0.4, 0.5) is 0 Å². The molecule has 0 fully saturated rings. The van der Waals surface area contributed by atoms with E-state index >= 15 is 0 Å². The van der Waals surface area contributed by atoms with E-state index in [4.69, 9.17) is 11.6 Å². The van der Waals surface area contributed by atoms with E-state index < -0.39 is 5.60 Å². The number of aromatic nitrogens is 2. The summed E-state index contributed by atoms with van der Waals surface area (Å²) in [7, 11) is 1.84. The molecule has 0 saturated heterocycles. The first-order valence-electron chi connectivity index (χ1n) is 7.06. The van der Waals surface area contributed by atoms with Crippen molar-refractivity contribution in [2.24, 2.45) is 7.05 Å². The molecule has 2 aromatic rings. The van der Waals surface area contributed by atoms with Crippen LogP contribution in [0.2, 0.25) is 5.02 Å². The minimum absolute atomic E-state index is 0.259. The van der Waals surface area contributed by atoms with Gasteiger partial charge in [-0.1, -0.05) is 23.7 Å². The first kappa shape index (κ1) is 16.0. The topological polar surface area (TPSA) is 50.1 Å². The van der Waals surface area contributed by atoms with Gasteiger partial charge < -0.3 is 10.4 Å². The van der Waals surface area contributed by atoms with Crippen molar-refractivity contribution in [3.63, 3.8) is 0 Å². The van der Waals surface area contributed by atoms with Crippen LogP contribution in [-0.4, -0.2) is 27.5 Å². The Hall–Kier alpha value is -1.36. The molecule has 0 bridgehead atoms. The second-order valence-corrected chi connectivity index (χ2v) is 6.23. The lowest BCUT2D eigenvalue weighted by Gasteiger charge is -2.25. The molecule has 2 rings (SSSR count). The summed E-state index contributed by atoms with van der Waals surface area (Å²) in [5.74, 6) is 0. The van der Waals surface area contributed by atoms with Crippen LogP contribution in [-0.2, 0) is 19.1 Å². The Bertz CT molecular complexity index is 577. The maximum absolute atomic E-state index is 10.5. The SMILES string of the molecule is C[C@H](Cc1ccc(Cl)cc1)NC[C@](C)(O)c1cnn(C)c1. The van der Waals surface area contributed by atoms with Crippen molar-refractivity contribution in [1.82, 2.24) is 15.1 Å². The van der Waals surface area contributed by atoms with Crippen LogP contribution >= 0.6 is 11.6 Å². The van der Waals surface area contributed by atoms with Gasteiger partial charge in [0.05, 0.1) is 6.20 Å². The molecule has 21 heavy (non-hydrogen) atoms. The van der Waals surface area contributed by atoms with Gasteiger partial charge in [0.1, 0.15) is 5.60 Å². The molecule has 4 nitrogen and oxygen atoms in total. The molecule has 5 heteroatoms. The Morgan fingerprint density at radius 3 is 2.62 bits per heavy atom. The predicted octanol–water partition coefficient (Wildman–Crippen LogP) is 2.50. The van der Waals surface area contributed by atoms with Crippen molar-refractivity contribution in [3.8, 4) is 0 Å². The van der Waals surface area contributed by atoms with E-state index in [1.165, 1.54) is 5.56 Å². The second kappa shape index (κ2) is 6.60. The standard InChI is InChI=1S/C16H22ClN3O/c1-12(8-13-4-6-15(17)7-5-13)18-11-16(2,21)14-9-19-20(3)10-14/h4-7,9-10,12,18,21H,8,11H2,1-3H3/t12-,16+/m1/s1. The lowest BCUT2D eigenvalue weighted by atomic mass is 9.98. The zero-order valence-electron chi connectivity index (χ0n) is 12.7. The molecule has 1 aromatic heterocycles. The highest BCUT2D eigenvalue weighted by Gasteiger charge is 2.25. The summed E-state index contributed by atoms with van der Waals surface area (Å²) in [6.07, 6.45) is 4.43. The Kier molecular flexibility index (Phi) is 5.04. The molecule has 0 aliphatic rings. The third-order valence-electron chi connectivity index (χ3n) is 3.58. The van der Waals surface area contributed by atoms with Gasteiger partial charge in [-0.15, -0.1) is 0 Å². The quantitative estimate of drug-likeness (QED) is 0.862. The molecule has 0 radical (unpaired) electrons. The van der Waals surface area contributed by atoms with Crippen molar-refractivity contribution in [2.75, 3.05) is 6.54 Å². The molecule has 2 N–H and O–H groups in total. The van der Waals surface area contributed by atoms with Crippen LogP contribution in [0.5, 0.6) is 0 Å². The Balaban J connectivity index is 1.88. The summed E-state index contributed by atoms with van der Waals surface area (Å²) >= 11 is 5.88. The van der Waals surface area contributed by atoms with Crippen LogP contribution < -0.4 is 5.32 Å². The highest BCUT2D eigenvalue weighted by molar-refractivity contribution is 6.30. The fourth-order valence-corrected chi connectivity index (χ4v) is 2.35. The number of benzene rings is 1. The number of hydrogen-bond acceptors (Lipinski definition) is 3. The summed E-state index contributed by atoms with van der Waals surface area (Å²) in [6.45, 7) is 4.38. The predicted molar refractivity (Wildman–Crippen MR) is 85.4 cm³/mol. The fraction of sp³-hybridized carbons (Fsp3) is 0.438. The molecule has 0 amide bonds. The lowest BCUT2D eigenvalue weighted by Crippen LogP contribution is -2.40. The van der Waals surface area contributed by atoms with E-state index in [0.717, 1.165) is 17.0 Å². The first-order valence-corrected chi connectivity index (χ1v) is 7.44. The zero-order chi connectivity index (χ0) is 15.5. The molecule has 0 unspecified atom stereocenters. The smallest absolute Gasteiger partial charge is 0.102 e. The van der Waals surface area contributed by atoms with Gasteiger partial charge >= 0.3 is 0 Å². The Morgan fingerprint density at radius 2 is 2.05 bits per heavy atom. The average molecular weight is 308 g/mol. The van der Waals surface area contributed by atoms with E-state index in [-0.39, 0.29) is 6.04 Å². The van der Waals surface area contributed by atoms with Gasteiger partial charge in [-0.05, 0) is 38.0 Å². The third-order valence-corrected chi connectivity index (χ3v) is 3.83. The van der Waals surface area contributed by atoms with Crippen LogP contribution in [0.15, 0.2) is 36.7 Å². The normalized spacial score (nSPS) is 15.7. The van der Waals surface area contributed by atoms with E-state index in [2.05, 4.69) is 17.3 Å². The van der Waals surface area contributed by atoms with Crippen molar-refractivity contribution in [3.05, 3.63) is 52.8 Å². The first-order chi connectivity index (χ1) is 9.87. The van der Waals surface area contributed by atoms with E-state index in [1.54, 1.807) is 17.8 Å². The highest BCUT2D eigenvalue weighted by Crippen LogP contribution is 2.19. The molecule has 1 heterocycles. The highest BCUT2D eigenvalue weighted by atomic mass is 35.5. The average Bonchev–Trinajstić information content (AvgIpc) is 2.87. The van der Waals surface area contributed by atoms with Gasteiger partial charge in [0.2, 0.25) is 0 Å². The molecular formula is C16H22ClN3O. The molecular weight excluding hydrogens is 286 g/mol. The number of rotatable bonds is 6. The molecule has 0 saturated carbocycles. The summed E-state index contributed by atoms with van der Waals surface area (Å²) < 4.78 is 1.70. The Labute approximate surface area is 130 Å². The molecule has 0 aliphatic heterocycles. The molecule has 2 atom stereocenters. The van der Waals surface area contributed by atoms with Gasteiger partial charge in [0.25, 0.3) is 0 Å². The van der Waals surface area contributed by atoms with Crippen LogP contribution in [0.1, 0.15) is 25.0 Å². The lowest BCUT2D eigenvalue weighted by molar-refractivity contribution is 0.0543. The van der Waals surface area contributed by atoms with Gasteiger partial charge in [-0.25, -0.2) is 0 Å². The number of halogens is 1. The summed E-state index contributed by atoms with van der Waals surface area (Å²) in [5, 5.41) is 18.7. The van der Waals surface area contributed by atoms with Crippen LogP contribution in [0.25, 0.3) is 0 Å². The number of aliphatic hydroxyl groups is 1.